The third-order valence-electron chi connectivity index (χ3n) is 7.74. The number of carboxylic acids is 1. The highest BCUT2D eigenvalue weighted by atomic mass is 16.4. The van der Waals surface area contributed by atoms with E-state index in [0.717, 1.165) is 35.1 Å². The molecule has 2 amide bonds. The summed E-state index contributed by atoms with van der Waals surface area (Å²) < 4.78 is 1.44. The van der Waals surface area contributed by atoms with Crippen molar-refractivity contribution in [1.29, 1.82) is 0 Å². The number of aromatic nitrogens is 3. The van der Waals surface area contributed by atoms with Gasteiger partial charge in [0.05, 0.1) is 23.8 Å². The number of carbonyl (C=O) groups excluding carboxylic acids is 2. The molecule has 3 heterocycles. The summed E-state index contributed by atoms with van der Waals surface area (Å²) >= 11 is 0. The lowest BCUT2D eigenvalue weighted by Gasteiger charge is -2.25. The van der Waals surface area contributed by atoms with Crippen molar-refractivity contribution in [3.63, 3.8) is 0 Å². The number of nitrogens with zero attached hydrogens (tertiary/aromatic N) is 4. The third kappa shape index (κ3) is 4.00. The third-order valence-corrected chi connectivity index (χ3v) is 7.74. The molecular weight excluding hydrogens is 482 g/mol. The van der Waals surface area contributed by atoms with Crippen molar-refractivity contribution >= 4 is 23.4 Å². The molecule has 0 saturated carbocycles. The number of carbonyl (C=O) groups is 3. The Morgan fingerprint density at radius 1 is 1.05 bits per heavy atom. The average Bonchev–Trinajstić information content (AvgIpc) is 3.68. The molecule has 9 nitrogen and oxygen atoms in total. The van der Waals surface area contributed by atoms with E-state index >= 15 is 0 Å². The van der Waals surface area contributed by atoms with Gasteiger partial charge in [0.1, 0.15) is 11.4 Å². The molecule has 1 saturated heterocycles. The zero-order valence-electron chi connectivity index (χ0n) is 20.9. The lowest BCUT2D eigenvalue weighted by molar-refractivity contribution is 0.0693. The Bertz CT molecular complexity index is 1580. The molecule has 192 valence electrons. The zero-order chi connectivity index (χ0) is 26.4. The van der Waals surface area contributed by atoms with Crippen molar-refractivity contribution in [3.8, 4) is 0 Å². The maximum atomic E-state index is 13.7. The van der Waals surface area contributed by atoms with E-state index in [-0.39, 0.29) is 40.8 Å². The lowest BCUT2D eigenvalue weighted by atomic mass is 9.98. The molecule has 1 unspecified atom stereocenters. The van der Waals surface area contributed by atoms with Gasteiger partial charge in [0.2, 0.25) is 0 Å². The molecule has 0 bridgehead atoms. The summed E-state index contributed by atoms with van der Waals surface area (Å²) in [7, 11) is 0. The number of carboxylic acid groups (broad SMARTS) is 1. The SMILES string of the molecule is Cc1c(C(=O)O)ccc2c1CC[C@@H]2NC(=O)c1cc(C(=O)N2CCCC2c2ccccc2)nc2ccnn12. The molecule has 0 radical (unpaired) electrons. The summed E-state index contributed by atoms with van der Waals surface area (Å²) in [6, 6.07) is 16.2. The minimum Gasteiger partial charge on any atom is -0.478 e. The molecule has 2 atom stereocenters. The second-order valence-corrected chi connectivity index (χ2v) is 9.87. The Morgan fingerprint density at radius 3 is 2.66 bits per heavy atom. The van der Waals surface area contributed by atoms with E-state index in [4.69, 9.17) is 0 Å². The maximum Gasteiger partial charge on any atom is 0.335 e. The topological polar surface area (TPSA) is 117 Å². The molecule has 1 aliphatic carbocycles. The number of benzene rings is 2. The van der Waals surface area contributed by atoms with Gasteiger partial charge in [-0.25, -0.2) is 14.3 Å². The van der Waals surface area contributed by atoms with Gasteiger partial charge in [-0.1, -0.05) is 36.4 Å². The molecule has 6 rings (SSSR count). The monoisotopic (exact) mass is 509 g/mol. The van der Waals surface area contributed by atoms with Crippen molar-refractivity contribution < 1.29 is 19.5 Å². The van der Waals surface area contributed by atoms with Crippen LogP contribution in [0.2, 0.25) is 0 Å². The molecule has 38 heavy (non-hydrogen) atoms. The van der Waals surface area contributed by atoms with Crippen LogP contribution in [0.5, 0.6) is 0 Å². The van der Waals surface area contributed by atoms with Crippen molar-refractivity contribution in [2.24, 2.45) is 0 Å². The summed E-state index contributed by atoms with van der Waals surface area (Å²) in [6.07, 6.45) is 4.68. The zero-order valence-corrected chi connectivity index (χ0v) is 20.9. The molecule has 2 aromatic heterocycles. The first kappa shape index (κ1) is 23.8. The van der Waals surface area contributed by atoms with Gasteiger partial charge in [-0.2, -0.15) is 5.10 Å². The number of likely N-dealkylation sites (tertiary alicyclic amines) is 1. The van der Waals surface area contributed by atoms with Gasteiger partial charge in [-0.3, -0.25) is 9.59 Å². The van der Waals surface area contributed by atoms with Crippen LogP contribution in [0.1, 0.15) is 84.9 Å². The Kier molecular flexibility index (Phi) is 5.90. The van der Waals surface area contributed by atoms with Crippen LogP contribution in [0.4, 0.5) is 0 Å². The predicted molar refractivity (Wildman–Crippen MR) is 139 cm³/mol. The number of rotatable bonds is 5. The molecule has 9 heteroatoms. The van der Waals surface area contributed by atoms with E-state index in [1.807, 2.05) is 42.2 Å². The van der Waals surface area contributed by atoms with Crippen LogP contribution >= 0.6 is 0 Å². The van der Waals surface area contributed by atoms with E-state index in [9.17, 15) is 19.5 Å². The number of amides is 2. The van der Waals surface area contributed by atoms with Crippen molar-refractivity contribution in [2.75, 3.05) is 6.54 Å². The van der Waals surface area contributed by atoms with Crippen LogP contribution in [-0.4, -0.2) is 48.9 Å². The predicted octanol–water partition coefficient (Wildman–Crippen LogP) is 4.13. The minimum absolute atomic E-state index is 0.0298. The number of aromatic carboxylic acids is 1. The van der Waals surface area contributed by atoms with Gasteiger partial charge < -0.3 is 15.3 Å². The smallest absolute Gasteiger partial charge is 0.335 e. The summed E-state index contributed by atoms with van der Waals surface area (Å²) in [4.78, 5) is 45.1. The summed E-state index contributed by atoms with van der Waals surface area (Å²) in [6.45, 7) is 2.43. The molecular formula is C29H27N5O4. The van der Waals surface area contributed by atoms with Gasteiger partial charge in [0, 0.05) is 18.7 Å². The molecule has 2 aromatic carbocycles. The first-order valence-corrected chi connectivity index (χ1v) is 12.8. The number of hydrogen-bond donors (Lipinski definition) is 2. The fraction of sp³-hybridized carbons (Fsp3) is 0.276. The first-order valence-electron chi connectivity index (χ1n) is 12.8. The summed E-state index contributed by atoms with van der Waals surface area (Å²) in [5.74, 6) is -1.54. The molecule has 1 fully saturated rings. The number of hydrogen-bond acceptors (Lipinski definition) is 5. The van der Waals surface area contributed by atoms with Crippen LogP contribution in [0, 0.1) is 6.92 Å². The highest BCUT2D eigenvalue weighted by Gasteiger charge is 2.33. The van der Waals surface area contributed by atoms with Gasteiger partial charge in [0.25, 0.3) is 11.8 Å². The van der Waals surface area contributed by atoms with E-state index in [0.29, 0.717) is 25.0 Å². The molecule has 1 aliphatic heterocycles. The quantitative estimate of drug-likeness (QED) is 0.418. The highest BCUT2D eigenvalue weighted by Crippen LogP contribution is 2.35. The lowest BCUT2D eigenvalue weighted by Crippen LogP contribution is -2.33. The van der Waals surface area contributed by atoms with Crippen LogP contribution in [0.25, 0.3) is 5.65 Å². The molecule has 2 aliphatic rings. The maximum absolute atomic E-state index is 13.7. The normalized spacial score (nSPS) is 18.5. The number of nitrogens with one attached hydrogen (secondary N) is 1. The van der Waals surface area contributed by atoms with Gasteiger partial charge in [-0.05, 0) is 60.9 Å². The molecule has 0 spiro atoms. The van der Waals surface area contributed by atoms with Crippen LogP contribution in [0.3, 0.4) is 0 Å². The van der Waals surface area contributed by atoms with Crippen molar-refractivity contribution in [1.82, 2.24) is 24.8 Å². The number of fused-ring (bicyclic) bond motifs is 2. The largest absolute Gasteiger partial charge is 0.478 e. The van der Waals surface area contributed by atoms with Gasteiger partial charge in [0.15, 0.2) is 5.65 Å². The van der Waals surface area contributed by atoms with Crippen LogP contribution < -0.4 is 5.32 Å². The second-order valence-electron chi connectivity index (χ2n) is 9.87. The Hall–Kier alpha value is -4.53. The van der Waals surface area contributed by atoms with Crippen LogP contribution in [-0.2, 0) is 6.42 Å². The van der Waals surface area contributed by atoms with Gasteiger partial charge in [-0.15, -0.1) is 0 Å². The van der Waals surface area contributed by atoms with Crippen molar-refractivity contribution in [3.05, 3.63) is 100.0 Å². The van der Waals surface area contributed by atoms with E-state index in [1.165, 1.54) is 10.6 Å². The van der Waals surface area contributed by atoms with E-state index in [1.54, 1.807) is 24.4 Å². The summed E-state index contributed by atoms with van der Waals surface area (Å²) in [5, 5.41) is 16.8. The van der Waals surface area contributed by atoms with Crippen molar-refractivity contribution in [2.45, 2.75) is 44.7 Å². The second kappa shape index (κ2) is 9.41. The Morgan fingerprint density at radius 2 is 1.87 bits per heavy atom. The average molecular weight is 510 g/mol. The minimum atomic E-state index is -0.958. The standard InChI is InChI=1S/C29H27N5O4/c1-17-19-11-12-22(21(19)10-9-20(17)29(37)38)32-27(35)25-16-23(31-26-13-14-30-34(25)26)28(36)33-15-5-8-24(33)18-6-3-2-4-7-18/h2-4,6-7,9-10,13-14,16,22,24H,5,8,11-12,15H2,1H3,(H,32,35)(H,37,38)/t22-,24?/m0/s1. The molecule has 2 N–H and O–H groups in total. The first-order chi connectivity index (χ1) is 18.4. The van der Waals surface area contributed by atoms with Crippen LogP contribution in [0.15, 0.2) is 60.8 Å². The fourth-order valence-electron chi connectivity index (χ4n) is 5.86. The fourth-order valence-corrected chi connectivity index (χ4v) is 5.86. The van der Waals surface area contributed by atoms with E-state index < -0.39 is 5.97 Å². The Balaban J connectivity index is 1.30. The Labute approximate surface area is 219 Å². The molecule has 4 aromatic rings. The van der Waals surface area contributed by atoms with Gasteiger partial charge >= 0.3 is 5.97 Å². The highest BCUT2D eigenvalue weighted by molar-refractivity contribution is 5.98. The van der Waals surface area contributed by atoms with E-state index in [2.05, 4.69) is 15.4 Å². The summed E-state index contributed by atoms with van der Waals surface area (Å²) in [5.41, 5.74) is 4.84.